The molecule has 1 aliphatic heterocycles. The Balaban J connectivity index is 1.61. The van der Waals surface area contributed by atoms with E-state index in [2.05, 4.69) is 20.9 Å². The Labute approximate surface area is 143 Å². The lowest BCUT2D eigenvalue weighted by Crippen LogP contribution is -2.28. The lowest BCUT2D eigenvalue weighted by Gasteiger charge is -2.15. The average molecular weight is 327 g/mol. The van der Waals surface area contributed by atoms with Gasteiger partial charge in [0.2, 0.25) is 5.91 Å². The molecule has 24 heavy (non-hydrogen) atoms. The van der Waals surface area contributed by atoms with Crippen LogP contribution in [-0.4, -0.2) is 22.6 Å². The Kier molecular flexibility index (Phi) is 4.88. The van der Waals surface area contributed by atoms with Crippen molar-refractivity contribution in [1.82, 2.24) is 14.9 Å². The number of hydrogen-bond acceptors (Lipinski definition) is 3. The molecule has 0 radical (unpaired) electrons. The highest BCUT2D eigenvalue weighted by Crippen LogP contribution is 2.22. The molecule has 2 aromatic rings. The Morgan fingerprint density at radius 2 is 2.25 bits per heavy atom. The molecule has 1 N–H and O–H groups in total. The van der Waals surface area contributed by atoms with E-state index in [0.717, 1.165) is 41.4 Å². The molecule has 1 aliphatic rings. The lowest BCUT2D eigenvalue weighted by atomic mass is 10.0. The van der Waals surface area contributed by atoms with Crippen LogP contribution in [-0.2, 0) is 24.2 Å². The smallest absolute Gasteiger partial charge is 0.226 e. The zero-order valence-corrected chi connectivity index (χ0v) is 14.6. The Hall–Kier alpha value is -2.30. The number of carbonyl (C=O) groups is 1. The average Bonchev–Trinajstić information content (AvgIpc) is 2.96. The van der Waals surface area contributed by atoms with Gasteiger partial charge in [0.05, 0.1) is 25.3 Å². The van der Waals surface area contributed by atoms with Crippen LogP contribution in [0.4, 0.5) is 0 Å². The fourth-order valence-electron chi connectivity index (χ4n) is 3.27. The van der Waals surface area contributed by atoms with Crippen molar-refractivity contribution in [3.63, 3.8) is 0 Å². The summed E-state index contributed by atoms with van der Waals surface area (Å²) >= 11 is 0. The molecule has 0 fully saturated rings. The first-order valence-corrected chi connectivity index (χ1v) is 8.55. The second-order valence-electron chi connectivity index (χ2n) is 6.49. The summed E-state index contributed by atoms with van der Waals surface area (Å²) in [6.07, 6.45) is 5.76. The molecule has 128 valence electrons. The third-order valence-corrected chi connectivity index (χ3v) is 4.60. The van der Waals surface area contributed by atoms with Gasteiger partial charge in [-0.05, 0) is 43.9 Å². The first-order valence-electron chi connectivity index (χ1n) is 8.55. The summed E-state index contributed by atoms with van der Waals surface area (Å²) in [5.41, 5.74) is 3.01. The van der Waals surface area contributed by atoms with Crippen LogP contribution in [0.25, 0.3) is 0 Å². The first kappa shape index (κ1) is 16.6. The van der Waals surface area contributed by atoms with Gasteiger partial charge in [-0.1, -0.05) is 12.1 Å². The molecular weight excluding hydrogens is 302 g/mol. The minimum Gasteiger partial charge on any atom is -0.496 e. The van der Waals surface area contributed by atoms with Crippen molar-refractivity contribution in [1.29, 1.82) is 0 Å². The number of fused-ring (bicyclic) bond motifs is 1. The van der Waals surface area contributed by atoms with E-state index in [0.29, 0.717) is 6.42 Å². The summed E-state index contributed by atoms with van der Waals surface area (Å²) in [6.45, 7) is 5.02. The predicted molar refractivity (Wildman–Crippen MR) is 93.2 cm³/mol. The maximum Gasteiger partial charge on any atom is 0.226 e. The molecule has 0 saturated carbocycles. The van der Waals surface area contributed by atoms with Crippen molar-refractivity contribution in [2.24, 2.45) is 0 Å². The highest BCUT2D eigenvalue weighted by Gasteiger charge is 2.16. The van der Waals surface area contributed by atoms with Crippen molar-refractivity contribution < 1.29 is 9.53 Å². The molecule has 0 spiro atoms. The van der Waals surface area contributed by atoms with Crippen molar-refractivity contribution in [3.05, 3.63) is 47.0 Å². The van der Waals surface area contributed by atoms with Crippen LogP contribution < -0.4 is 10.1 Å². The number of ether oxygens (including phenoxy) is 1. The molecule has 0 saturated heterocycles. The fraction of sp³-hybridized carbons (Fsp3) is 0.474. The second kappa shape index (κ2) is 7.07. The third-order valence-electron chi connectivity index (χ3n) is 4.60. The van der Waals surface area contributed by atoms with Gasteiger partial charge in [-0.15, -0.1) is 0 Å². The molecule has 0 unspecified atom stereocenters. The van der Waals surface area contributed by atoms with Gasteiger partial charge in [0.25, 0.3) is 0 Å². The van der Waals surface area contributed by atoms with E-state index in [-0.39, 0.29) is 11.9 Å². The SMILES string of the molecule is COc1ccc([C@H](C)NC(=O)Cc2cn3c(n2)CCCC3)cc1C. The van der Waals surface area contributed by atoms with Gasteiger partial charge in [0.15, 0.2) is 0 Å². The number of nitrogens with zero attached hydrogens (tertiary/aromatic N) is 2. The summed E-state index contributed by atoms with van der Waals surface area (Å²) in [6, 6.07) is 5.95. The first-order chi connectivity index (χ1) is 11.6. The Bertz CT molecular complexity index is 713. The van der Waals surface area contributed by atoms with E-state index in [1.165, 1.54) is 12.8 Å². The number of aryl methyl sites for hydroxylation is 3. The molecule has 1 atom stereocenters. The summed E-state index contributed by atoms with van der Waals surface area (Å²) in [7, 11) is 1.66. The molecule has 5 nitrogen and oxygen atoms in total. The number of carbonyl (C=O) groups excluding carboxylic acids is 1. The predicted octanol–water partition coefficient (Wildman–Crippen LogP) is 2.96. The van der Waals surface area contributed by atoms with E-state index >= 15 is 0 Å². The van der Waals surface area contributed by atoms with Gasteiger partial charge in [-0.25, -0.2) is 4.98 Å². The lowest BCUT2D eigenvalue weighted by molar-refractivity contribution is -0.121. The van der Waals surface area contributed by atoms with Gasteiger partial charge >= 0.3 is 0 Å². The normalized spacial score (nSPS) is 14.8. The molecule has 1 aromatic heterocycles. The number of hydrogen-bond donors (Lipinski definition) is 1. The van der Waals surface area contributed by atoms with Gasteiger partial charge in [0, 0.05) is 19.2 Å². The Morgan fingerprint density at radius 3 is 2.96 bits per heavy atom. The molecule has 1 aromatic carbocycles. The summed E-state index contributed by atoms with van der Waals surface area (Å²) in [5, 5.41) is 3.06. The van der Waals surface area contributed by atoms with Crippen molar-refractivity contribution in [3.8, 4) is 5.75 Å². The van der Waals surface area contributed by atoms with Crippen LogP contribution in [0.2, 0.25) is 0 Å². The number of methoxy groups -OCH3 is 1. The summed E-state index contributed by atoms with van der Waals surface area (Å²) in [5.74, 6) is 1.98. The van der Waals surface area contributed by atoms with E-state index < -0.39 is 0 Å². The zero-order valence-electron chi connectivity index (χ0n) is 14.6. The van der Waals surface area contributed by atoms with Crippen LogP contribution in [0.3, 0.4) is 0 Å². The highest BCUT2D eigenvalue weighted by molar-refractivity contribution is 5.78. The number of aromatic nitrogens is 2. The molecular formula is C19H25N3O2. The van der Waals surface area contributed by atoms with Crippen molar-refractivity contribution in [2.75, 3.05) is 7.11 Å². The summed E-state index contributed by atoms with van der Waals surface area (Å²) < 4.78 is 7.46. The van der Waals surface area contributed by atoms with Crippen LogP contribution in [0.1, 0.15) is 48.5 Å². The van der Waals surface area contributed by atoms with Crippen LogP contribution in [0.15, 0.2) is 24.4 Å². The number of rotatable bonds is 5. The van der Waals surface area contributed by atoms with Crippen LogP contribution in [0, 0.1) is 6.92 Å². The number of imidazole rings is 1. The van der Waals surface area contributed by atoms with Crippen LogP contribution >= 0.6 is 0 Å². The molecule has 1 amide bonds. The van der Waals surface area contributed by atoms with Gasteiger partial charge in [-0.2, -0.15) is 0 Å². The number of nitrogens with one attached hydrogen (secondary N) is 1. The van der Waals surface area contributed by atoms with Gasteiger partial charge < -0.3 is 14.6 Å². The van der Waals surface area contributed by atoms with Gasteiger partial charge in [-0.3, -0.25) is 4.79 Å². The van der Waals surface area contributed by atoms with E-state index in [1.807, 2.05) is 32.2 Å². The molecule has 0 bridgehead atoms. The standard InChI is InChI=1S/C19H25N3O2/c1-13-10-15(7-8-17(13)24-3)14(2)20-19(23)11-16-12-22-9-5-4-6-18(22)21-16/h7-8,10,12,14H,4-6,9,11H2,1-3H3,(H,20,23)/t14-/m0/s1. The minimum atomic E-state index is -0.0423. The maximum atomic E-state index is 12.3. The van der Waals surface area contributed by atoms with E-state index in [1.54, 1.807) is 7.11 Å². The fourth-order valence-corrected chi connectivity index (χ4v) is 3.27. The van der Waals surface area contributed by atoms with Crippen molar-refractivity contribution in [2.45, 2.75) is 52.1 Å². The minimum absolute atomic E-state index is 0.00594. The highest BCUT2D eigenvalue weighted by atomic mass is 16.5. The van der Waals surface area contributed by atoms with Crippen LogP contribution in [0.5, 0.6) is 5.75 Å². The summed E-state index contributed by atoms with van der Waals surface area (Å²) in [4.78, 5) is 16.9. The monoisotopic (exact) mass is 327 g/mol. The molecule has 3 rings (SSSR count). The molecule has 0 aliphatic carbocycles. The van der Waals surface area contributed by atoms with E-state index in [9.17, 15) is 4.79 Å². The van der Waals surface area contributed by atoms with Gasteiger partial charge in [0.1, 0.15) is 11.6 Å². The molecule has 2 heterocycles. The number of benzene rings is 1. The van der Waals surface area contributed by atoms with Crippen molar-refractivity contribution >= 4 is 5.91 Å². The second-order valence-corrected chi connectivity index (χ2v) is 6.49. The zero-order chi connectivity index (χ0) is 17.1. The topological polar surface area (TPSA) is 56.1 Å². The Morgan fingerprint density at radius 1 is 1.42 bits per heavy atom. The maximum absolute atomic E-state index is 12.3. The van der Waals surface area contributed by atoms with E-state index in [4.69, 9.17) is 4.74 Å². The molecule has 5 heteroatoms. The largest absolute Gasteiger partial charge is 0.496 e. The quantitative estimate of drug-likeness (QED) is 0.918. The number of amides is 1. The third kappa shape index (κ3) is 3.61.